The van der Waals surface area contributed by atoms with Crippen molar-refractivity contribution in [1.82, 2.24) is 4.90 Å². The monoisotopic (exact) mass is 659 g/mol. The molecule has 42 heavy (non-hydrogen) atoms. The van der Waals surface area contributed by atoms with Crippen molar-refractivity contribution >= 4 is 5.91 Å². The van der Waals surface area contributed by atoms with Crippen LogP contribution in [0.25, 0.3) is 0 Å². The SMILES string of the molecule is O=C(N(C1CCCCC1)C1CCCCC1)[C@](F)(OC(F)(F)[C@](F)(OC(F)(F)C(F)(F)C(F)(F)F)C(F)(F)F)C(F)(F)F. The molecule has 0 heterocycles. The number of ether oxygens (including phenoxy) is 2. The molecule has 0 aromatic heterocycles. The van der Waals surface area contributed by atoms with Crippen LogP contribution in [0.2, 0.25) is 0 Å². The highest BCUT2D eigenvalue weighted by atomic mass is 19.4. The molecule has 0 spiro atoms. The van der Waals surface area contributed by atoms with Gasteiger partial charge in [0.2, 0.25) is 0 Å². The maximum absolute atomic E-state index is 15.4. The number of alkyl halides is 17. The third kappa shape index (κ3) is 6.64. The Kier molecular flexibility index (Phi) is 10.1. The van der Waals surface area contributed by atoms with Gasteiger partial charge >= 0.3 is 48.4 Å². The second-order valence-electron chi connectivity index (χ2n) is 9.79. The predicted molar refractivity (Wildman–Crippen MR) is 103 cm³/mol. The van der Waals surface area contributed by atoms with Gasteiger partial charge in [0.25, 0.3) is 5.91 Å². The van der Waals surface area contributed by atoms with E-state index in [1.807, 2.05) is 0 Å². The third-order valence-corrected chi connectivity index (χ3v) is 6.81. The molecule has 21 heteroatoms. The molecule has 0 aromatic carbocycles. The molecule has 0 saturated heterocycles. The topological polar surface area (TPSA) is 38.8 Å². The number of hydrogen-bond acceptors (Lipinski definition) is 3. The number of halogens is 17. The molecule has 0 bridgehead atoms. The summed E-state index contributed by atoms with van der Waals surface area (Å²) in [4.78, 5) is 13.1. The van der Waals surface area contributed by atoms with Gasteiger partial charge in [-0.3, -0.25) is 14.3 Å². The zero-order valence-electron chi connectivity index (χ0n) is 20.8. The predicted octanol–water partition coefficient (Wildman–Crippen LogP) is 8.35. The fraction of sp³-hybridized carbons (Fsp3) is 0.952. The van der Waals surface area contributed by atoms with Crippen LogP contribution in [0.4, 0.5) is 74.6 Å². The quantitative estimate of drug-likeness (QED) is 0.234. The minimum atomic E-state index is -8.01. The molecule has 0 radical (unpaired) electrons. The molecule has 0 aliphatic heterocycles. The zero-order chi connectivity index (χ0) is 32.8. The molecule has 2 aliphatic carbocycles. The van der Waals surface area contributed by atoms with Gasteiger partial charge in [-0.1, -0.05) is 38.5 Å². The van der Waals surface area contributed by atoms with Crippen molar-refractivity contribution < 1.29 is 88.9 Å². The lowest BCUT2D eigenvalue weighted by atomic mass is 9.88. The average molecular weight is 659 g/mol. The van der Waals surface area contributed by atoms with E-state index in [2.05, 4.69) is 4.74 Å². The fourth-order valence-electron chi connectivity index (χ4n) is 4.67. The summed E-state index contributed by atoms with van der Waals surface area (Å²) in [5.74, 6) is -25.7. The molecule has 4 nitrogen and oxygen atoms in total. The summed E-state index contributed by atoms with van der Waals surface area (Å²) < 4.78 is 234. The highest BCUT2D eigenvalue weighted by Gasteiger charge is 2.85. The summed E-state index contributed by atoms with van der Waals surface area (Å²) >= 11 is 0. The van der Waals surface area contributed by atoms with E-state index in [0.29, 0.717) is 12.8 Å². The van der Waals surface area contributed by atoms with E-state index in [1.165, 1.54) is 0 Å². The van der Waals surface area contributed by atoms with Crippen molar-refractivity contribution in [2.45, 2.75) is 125 Å². The van der Waals surface area contributed by atoms with Crippen LogP contribution < -0.4 is 0 Å². The first-order chi connectivity index (χ1) is 18.7. The second kappa shape index (κ2) is 11.6. The minimum absolute atomic E-state index is 0.0999. The van der Waals surface area contributed by atoms with Gasteiger partial charge in [0, 0.05) is 12.1 Å². The Morgan fingerprint density at radius 2 is 0.881 bits per heavy atom. The summed E-state index contributed by atoms with van der Waals surface area (Å²) in [6, 6.07) is -2.65. The Bertz CT molecular complexity index is 920. The first-order valence-corrected chi connectivity index (χ1v) is 12.1. The van der Waals surface area contributed by atoms with Gasteiger partial charge < -0.3 is 4.90 Å². The molecule has 2 aliphatic rings. The Labute approximate surface area is 225 Å². The van der Waals surface area contributed by atoms with E-state index in [0.717, 1.165) is 0 Å². The molecule has 0 N–H and O–H groups in total. The van der Waals surface area contributed by atoms with Gasteiger partial charge in [0.05, 0.1) is 0 Å². The Morgan fingerprint density at radius 1 is 0.500 bits per heavy atom. The summed E-state index contributed by atoms with van der Waals surface area (Å²) in [7, 11) is 0. The molecule has 248 valence electrons. The van der Waals surface area contributed by atoms with Gasteiger partial charge in [0.1, 0.15) is 0 Å². The molecule has 2 saturated carbocycles. The van der Waals surface area contributed by atoms with Crippen LogP contribution in [-0.4, -0.2) is 71.3 Å². The molecular formula is C21H22F17NO3. The maximum Gasteiger partial charge on any atom is 0.462 e. The smallest absolute Gasteiger partial charge is 0.331 e. The molecule has 2 fully saturated rings. The highest BCUT2D eigenvalue weighted by molar-refractivity contribution is 5.85. The van der Waals surface area contributed by atoms with Crippen LogP contribution >= 0.6 is 0 Å². The normalized spacial score (nSPS) is 22.4. The Balaban J connectivity index is 2.64. The van der Waals surface area contributed by atoms with E-state index in [1.54, 1.807) is 4.74 Å². The van der Waals surface area contributed by atoms with Crippen LogP contribution in [0.5, 0.6) is 0 Å². The lowest BCUT2D eigenvalue weighted by molar-refractivity contribution is -0.548. The highest BCUT2D eigenvalue weighted by Crippen LogP contribution is 2.57. The van der Waals surface area contributed by atoms with Crippen LogP contribution in [0, 0.1) is 0 Å². The van der Waals surface area contributed by atoms with E-state index >= 15 is 4.39 Å². The lowest BCUT2D eigenvalue weighted by Crippen LogP contribution is -2.69. The molecular weight excluding hydrogens is 637 g/mol. The molecule has 0 aromatic rings. The zero-order valence-corrected chi connectivity index (χ0v) is 20.8. The van der Waals surface area contributed by atoms with Crippen molar-refractivity contribution in [1.29, 1.82) is 0 Å². The van der Waals surface area contributed by atoms with Crippen LogP contribution in [0.1, 0.15) is 64.2 Å². The summed E-state index contributed by atoms with van der Waals surface area (Å²) in [5, 5.41) is 0. The van der Waals surface area contributed by atoms with Gasteiger partial charge in [0.15, 0.2) is 0 Å². The standard InChI is InChI=1S/C21H22F17NO3/c22-14(17(26,27)28,13(40)39(11-7-3-1-4-8-11)12-9-5-2-6-10-12)41-21(37,38)16(25,19(32,33)34)42-20(35,36)15(23,24)18(29,30)31/h11-12H,1-10H2/t14-,16+/m0/s1. The van der Waals surface area contributed by atoms with Crippen molar-refractivity contribution in [2.75, 3.05) is 0 Å². The van der Waals surface area contributed by atoms with Crippen molar-refractivity contribution in [3.63, 3.8) is 0 Å². The first-order valence-electron chi connectivity index (χ1n) is 12.1. The summed E-state index contributed by atoms with van der Waals surface area (Å²) in [6.45, 7) is 0. The van der Waals surface area contributed by atoms with E-state index < -0.39 is 66.4 Å². The Morgan fingerprint density at radius 3 is 1.19 bits per heavy atom. The fourth-order valence-corrected chi connectivity index (χ4v) is 4.67. The van der Waals surface area contributed by atoms with E-state index in [4.69, 9.17) is 0 Å². The summed E-state index contributed by atoms with van der Waals surface area (Å²) in [5.41, 5.74) is 0. The van der Waals surface area contributed by atoms with Crippen LogP contribution in [0.3, 0.4) is 0 Å². The number of rotatable bonds is 9. The largest absolute Gasteiger partial charge is 0.462 e. The van der Waals surface area contributed by atoms with Gasteiger partial charge in [-0.2, -0.15) is 74.6 Å². The molecule has 1 amide bonds. The molecule has 2 atom stereocenters. The van der Waals surface area contributed by atoms with Gasteiger partial charge in [-0.15, -0.1) is 0 Å². The van der Waals surface area contributed by atoms with Crippen molar-refractivity contribution in [3.05, 3.63) is 0 Å². The van der Waals surface area contributed by atoms with Crippen LogP contribution in [-0.2, 0) is 14.3 Å². The number of nitrogens with zero attached hydrogens (tertiary/aromatic N) is 1. The number of amides is 1. The van der Waals surface area contributed by atoms with E-state index in [9.17, 15) is 75.0 Å². The number of carbonyl (C=O) groups is 1. The Hall–Kier alpha value is -1.80. The lowest BCUT2D eigenvalue weighted by Gasteiger charge is -2.45. The number of hydrogen-bond donors (Lipinski definition) is 0. The van der Waals surface area contributed by atoms with Gasteiger partial charge in [-0.25, -0.2) is 0 Å². The van der Waals surface area contributed by atoms with Crippen molar-refractivity contribution in [2.24, 2.45) is 0 Å². The third-order valence-electron chi connectivity index (χ3n) is 6.81. The van der Waals surface area contributed by atoms with Crippen molar-refractivity contribution in [3.8, 4) is 0 Å². The summed E-state index contributed by atoms with van der Waals surface area (Å²) in [6.07, 6.45) is -37.2. The number of carbonyl (C=O) groups excluding carboxylic acids is 1. The minimum Gasteiger partial charge on any atom is -0.331 e. The van der Waals surface area contributed by atoms with E-state index in [-0.39, 0.29) is 56.3 Å². The average Bonchev–Trinajstić information content (AvgIpc) is 2.82. The molecule has 2 rings (SSSR count). The maximum atomic E-state index is 15.4. The molecule has 0 unspecified atom stereocenters. The second-order valence-corrected chi connectivity index (χ2v) is 9.79. The first kappa shape index (κ1) is 36.4. The van der Waals surface area contributed by atoms with Crippen LogP contribution in [0.15, 0.2) is 0 Å². The van der Waals surface area contributed by atoms with Gasteiger partial charge in [-0.05, 0) is 25.7 Å².